The van der Waals surface area contributed by atoms with Crippen LogP contribution in [0.4, 0.5) is 10.1 Å². The number of halogens is 1. The Morgan fingerprint density at radius 1 is 1.16 bits per heavy atom. The third-order valence-electron chi connectivity index (χ3n) is 6.73. The summed E-state index contributed by atoms with van der Waals surface area (Å²) < 4.78 is 19.5. The molecule has 0 aliphatic carbocycles. The number of aromatic nitrogens is 1. The van der Waals surface area contributed by atoms with Crippen molar-refractivity contribution in [1.29, 1.82) is 5.26 Å². The van der Waals surface area contributed by atoms with Gasteiger partial charge in [-0.05, 0) is 55.3 Å². The molecule has 8 heteroatoms. The maximum absolute atomic E-state index is 13.7. The van der Waals surface area contributed by atoms with Crippen molar-refractivity contribution in [2.45, 2.75) is 38.5 Å². The van der Waals surface area contributed by atoms with Gasteiger partial charge >= 0.3 is 0 Å². The number of hydrogen-bond donors (Lipinski definition) is 2. The van der Waals surface area contributed by atoms with E-state index in [9.17, 15) is 19.9 Å². The lowest BCUT2D eigenvalue weighted by Gasteiger charge is -2.45. The van der Waals surface area contributed by atoms with E-state index in [0.717, 1.165) is 17.7 Å². The van der Waals surface area contributed by atoms with Gasteiger partial charge in [-0.25, -0.2) is 4.39 Å². The van der Waals surface area contributed by atoms with Gasteiger partial charge in [-0.15, -0.1) is 0 Å². The van der Waals surface area contributed by atoms with Crippen LogP contribution in [0, 0.1) is 17.1 Å². The summed E-state index contributed by atoms with van der Waals surface area (Å²) in [5.74, 6) is 0.357. The largest absolute Gasteiger partial charge is 0.494 e. The number of piperazine rings is 1. The average Bonchev–Trinajstić information content (AvgIpc) is 2.92. The zero-order chi connectivity index (χ0) is 26.4. The highest BCUT2D eigenvalue weighted by molar-refractivity contribution is 5.63. The molecule has 1 aliphatic heterocycles. The van der Waals surface area contributed by atoms with E-state index in [1.165, 1.54) is 12.1 Å². The molecule has 1 saturated heterocycles. The predicted molar refractivity (Wildman–Crippen MR) is 140 cm³/mol. The van der Waals surface area contributed by atoms with E-state index in [1.54, 1.807) is 43.5 Å². The van der Waals surface area contributed by atoms with Crippen molar-refractivity contribution < 1.29 is 19.3 Å². The third-order valence-corrected chi connectivity index (χ3v) is 6.73. The smallest absolute Gasteiger partial charge is 0.123 e. The molecule has 1 aliphatic rings. The summed E-state index contributed by atoms with van der Waals surface area (Å²) in [4.78, 5) is 8.57. The average molecular weight is 505 g/mol. The molecule has 2 heterocycles. The van der Waals surface area contributed by atoms with Crippen LogP contribution in [-0.4, -0.2) is 52.9 Å². The minimum Gasteiger partial charge on any atom is -0.494 e. The lowest BCUT2D eigenvalue weighted by Crippen LogP contribution is -2.52. The second kappa shape index (κ2) is 11.7. The van der Waals surface area contributed by atoms with E-state index in [4.69, 9.17) is 4.74 Å². The van der Waals surface area contributed by atoms with E-state index in [2.05, 4.69) is 20.9 Å². The van der Waals surface area contributed by atoms with Crippen LogP contribution < -0.4 is 9.64 Å². The lowest BCUT2D eigenvalue weighted by molar-refractivity contribution is 0.00996. The van der Waals surface area contributed by atoms with Crippen LogP contribution in [0.3, 0.4) is 0 Å². The van der Waals surface area contributed by atoms with E-state index in [-0.39, 0.29) is 18.5 Å². The van der Waals surface area contributed by atoms with Crippen molar-refractivity contribution in [3.05, 3.63) is 89.0 Å². The van der Waals surface area contributed by atoms with Crippen LogP contribution in [0.2, 0.25) is 0 Å². The van der Waals surface area contributed by atoms with Crippen LogP contribution in [0.5, 0.6) is 5.75 Å². The Kier molecular flexibility index (Phi) is 8.39. The topological polar surface area (TPSA) is 92.8 Å². The predicted octanol–water partition coefficient (Wildman–Crippen LogP) is 4.14. The number of ether oxygens (including phenoxy) is 1. The van der Waals surface area contributed by atoms with Crippen LogP contribution in [0.1, 0.15) is 48.7 Å². The fourth-order valence-corrected chi connectivity index (χ4v) is 4.77. The summed E-state index contributed by atoms with van der Waals surface area (Å²) in [5.41, 5.74) is 2.30. The maximum atomic E-state index is 13.7. The minimum absolute atomic E-state index is 0.153. The van der Waals surface area contributed by atoms with Gasteiger partial charge in [0.05, 0.1) is 36.2 Å². The molecule has 37 heavy (non-hydrogen) atoms. The van der Waals surface area contributed by atoms with Crippen LogP contribution in [0.25, 0.3) is 0 Å². The molecule has 0 saturated carbocycles. The molecule has 4 rings (SSSR count). The second-order valence-corrected chi connectivity index (χ2v) is 9.61. The van der Waals surface area contributed by atoms with Crippen LogP contribution in [0.15, 0.2) is 60.8 Å². The van der Waals surface area contributed by atoms with Gasteiger partial charge in [0.25, 0.3) is 0 Å². The van der Waals surface area contributed by atoms with Gasteiger partial charge in [0, 0.05) is 37.9 Å². The second-order valence-electron chi connectivity index (χ2n) is 9.61. The van der Waals surface area contributed by atoms with Crippen molar-refractivity contribution in [2.24, 2.45) is 0 Å². The Balaban J connectivity index is 1.60. The Morgan fingerprint density at radius 2 is 1.95 bits per heavy atom. The summed E-state index contributed by atoms with van der Waals surface area (Å²) in [7, 11) is 0. The molecule has 0 spiro atoms. The fraction of sp³-hybridized carbons (Fsp3) is 0.379. The maximum Gasteiger partial charge on any atom is 0.123 e. The normalized spacial score (nSPS) is 17.7. The van der Waals surface area contributed by atoms with Crippen molar-refractivity contribution in [3.8, 4) is 11.8 Å². The fourth-order valence-electron chi connectivity index (χ4n) is 4.77. The number of aliphatic hydroxyl groups excluding tert-OH is 1. The molecule has 3 aromatic rings. The number of anilines is 1. The first kappa shape index (κ1) is 26.6. The Bertz CT molecular complexity index is 1230. The molecule has 1 fully saturated rings. The number of aliphatic hydroxyl groups is 2. The number of nitriles is 1. The summed E-state index contributed by atoms with van der Waals surface area (Å²) >= 11 is 0. The van der Waals surface area contributed by atoms with E-state index in [1.807, 2.05) is 19.1 Å². The third kappa shape index (κ3) is 6.25. The summed E-state index contributed by atoms with van der Waals surface area (Å²) in [6.07, 6.45) is 2.48. The Hall–Kier alpha value is -3.51. The lowest BCUT2D eigenvalue weighted by atomic mass is 9.94. The Morgan fingerprint density at radius 3 is 2.59 bits per heavy atom. The van der Waals surface area contributed by atoms with Gasteiger partial charge in [-0.3, -0.25) is 9.88 Å². The molecule has 0 unspecified atom stereocenters. The number of nitrogens with zero attached hydrogens (tertiary/aromatic N) is 4. The van der Waals surface area contributed by atoms with Gasteiger partial charge in [0.15, 0.2) is 0 Å². The number of pyridine rings is 1. The number of rotatable bonds is 9. The summed E-state index contributed by atoms with van der Waals surface area (Å²) in [5, 5.41) is 30.5. The molecule has 2 atom stereocenters. The van der Waals surface area contributed by atoms with Crippen molar-refractivity contribution in [2.75, 3.05) is 37.7 Å². The molecule has 7 nitrogen and oxygen atoms in total. The molecule has 2 N–H and O–H groups in total. The number of β-amino-alcohol motifs (C(OH)–C–C–N with tert-alkyl or cyclic N) is 1. The molecule has 194 valence electrons. The molecule has 2 aromatic carbocycles. The van der Waals surface area contributed by atoms with Gasteiger partial charge in [-0.2, -0.15) is 5.26 Å². The first-order valence-electron chi connectivity index (χ1n) is 12.5. The number of benzene rings is 2. The minimum atomic E-state index is -1.16. The van der Waals surface area contributed by atoms with Crippen molar-refractivity contribution in [1.82, 2.24) is 9.88 Å². The molecular formula is C29H33FN4O3. The van der Waals surface area contributed by atoms with Crippen molar-refractivity contribution >= 4 is 5.69 Å². The highest BCUT2D eigenvalue weighted by Crippen LogP contribution is 2.35. The Labute approximate surface area is 217 Å². The van der Waals surface area contributed by atoms with Crippen molar-refractivity contribution in [3.63, 3.8) is 0 Å². The highest BCUT2D eigenvalue weighted by atomic mass is 19.1. The van der Waals surface area contributed by atoms with Gasteiger partial charge in [0.2, 0.25) is 0 Å². The van der Waals surface area contributed by atoms with E-state index in [0.29, 0.717) is 55.4 Å². The van der Waals surface area contributed by atoms with Crippen LogP contribution >= 0.6 is 0 Å². The molecule has 0 radical (unpaired) electrons. The summed E-state index contributed by atoms with van der Waals surface area (Å²) in [6.45, 7) is 6.43. The quantitative estimate of drug-likeness (QED) is 0.452. The van der Waals surface area contributed by atoms with Crippen LogP contribution in [-0.2, 0) is 12.2 Å². The zero-order valence-electron chi connectivity index (χ0n) is 21.3. The van der Waals surface area contributed by atoms with Gasteiger partial charge in [-0.1, -0.05) is 25.1 Å². The first-order chi connectivity index (χ1) is 17.8. The molecule has 1 aromatic heterocycles. The zero-order valence-corrected chi connectivity index (χ0v) is 21.3. The standard InChI is InChI=1S/C29H33FN4O3/c1-3-14-37-26-10-11-27(22(15-26)16-31)34-13-12-33(18-28(34)21-4-7-24(30)8-5-21)20-29(2,36)23-6-9-25(19-35)32-17-23/h4-11,15,17,28,35-36H,3,12-14,18-20H2,1-2H3/t28-,29+/m0/s1. The highest BCUT2D eigenvalue weighted by Gasteiger charge is 2.34. The van der Waals surface area contributed by atoms with E-state index < -0.39 is 5.60 Å². The molecule has 0 bridgehead atoms. The molecular weight excluding hydrogens is 471 g/mol. The molecule has 0 amide bonds. The first-order valence-corrected chi connectivity index (χ1v) is 12.5. The SMILES string of the molecule is CCCOc1ccc(N2CCN(C[C@@](C)(O)c3ccc(CO)nc3)C[C@H]2c2ccc(F)cc2)c(C#N)c1. The van der Waals surface area contributed by atoms with E-state index >= 15 is 0 Å². The van der Waals surface area contributed by atoms with Gasteiger partial charge in [0.1, 0.15) is 23.2 Å². The monoisotopic (exact) mass is 504 g/mol. The summed E-state index contributed by atoms with van der Waals surface area (Å²) in [6, 6.07) is 17.7. The number of hydrogen-bond acceptors (Lipinski definition) is 7. The van der Waals surface area contributed by atoms with Gasteiger partial charge < -0.3 is 19.8 Å².